The second kappa shape index (κ2) is 13.8. The lowest BCUT2D eigenvalue weighted by molar-refractivity contribution is 0.0954. The van der Waals surface area contributed by atoms with E-state index in [-0.39, 0.29) is 0 Å². The van der Waals surface area contributed by atoms with Crippen molar-refractivity contribution in [2.24, 2.45) is 5.10 Å². The standard InChI is InChI=1S/C28H29ClN2O5/c1-4-14-35-24-13-12-22(17-25(24)33-5-2)28(32)31-30-18-21-15-23(29)27(26(16-21)34-6-3)36-19-20-10-8-7-9-11-20/h4,7-13,15-18H,1,5-6,14,19H2,2-3H3,(H,31,32)/b30-18+. The molecule has 188 valence electrons. The minimum Gasteiger partial charge on any atom is -0.490 e. The molecule has 1 amide bonds. The Hall–Kier alpha value is -3.97. The van der Waals surface area contributed by atoms with Gasteiger partial charge >= 0.3 is 0 Å². The first kappa shape index (κ1) is 26.6. The highest BCUT2D eigenvalue weighted by molar-refractivity contribution is 6.32. The number of carbonyl (C=O) groups excluding carboxylic acids is 1. The first-order valence-electron chi connectivity index (χ1n) is 11.5. The normalized spacial score (nSPS) is 10.6. The molecule has 0 aliphatic carbocycles. The summed E-state index contributed by atoms with van der Waals surface area (Å²) in [6, 6.07) is 18.1. The summed E-state index contributed by atoms with van der Waals surface area (Å²) in [4.78, 5) is 12.6. The Morgan fingerprint density at radius 3 is 2.42 bits per heavy atom. The molecule has 3 aromatic rings. The minimum absolute atomic E-state index is 0.332. The number of carbonyl (C=O) groups is 1. The smallest absolute Gasteiger partial charge is 0.271 e. The Morgan fingerprint density at radius 2 is 1.69 bits per heavy atom. The van der Waals surface area contributed by atoms with Gasteiger partial charge in [-0.05, 0) is 55.3 Å². The molecule has 0 radical (unpaired) electrons. The summed E-state index contributed by atoms with van der Waals surface area (Å²) in [7, 11) is 0. The maximum Gasteiger partial charge on any atom is 0.271 e. The summed E-state index contributed by atoms with van der Waals surface area (Å²) in [6.07, 6.45) is 3.12. The minimum atomic E-state index is -0.401. The lowest BCUT2D eigenvalue weighted by atomic mass is 10.2. The number of hydrazone groups is 1. The number of nitrogens with zero attached hydrogens (tertiary/aromatic N) is 1. The van der Waals surface area contributed by atoms with Crippen LogP contribution in [0, 0.1) is 0 Å². The fraction of sp³-hybridized carbons (Fsp3) is 0.214. The van der Waals surface area contributed by atoms with E-state index in [0.29, 0.717) is 65.6 Å². The van der Waals surface area contributed by atoms with E-state index < -0.39 is 5.91 Å². The van der Waals surface area contributed by atoms with Gasteiger partial charge in [-0.2, -0.15) is 5.10 Å². The highest BCUT2D eigenvalue weighted by Gasteiger charge is 2.14. The van der Waals surface area contributed by atoms with E-state index in [9.17, 15) is 4.79 Å². The van der Waals surface area contributed by atoms with Crippen LogP contribution in [0.1, 0.15) is 35.3 Å². The van der Waals surface area contributed by atoms with E-state index in [1.54, 1.807) is 36.4 Å². The van der Waals surface area contributed by atoms with Crippen LogP contribution < -0.4 is 24.4 Å². The molecule has 0 aliphatic heterocycles. The van der Waals surface area contributed by atoms with Crippen molar-refractivity contribution >= 4 is 23.7 Å². The molecule has 0 fully saturated rings. The average molecular weight is 509 g/mol. The molecule has 8 heteroatoms. The average Bonchev–Trinajstić information content (AvgIpc) is 2.88. The monoisotopic (exact) mass is 508 g/mol. The number of ether oxygens (including phenoxy) is 4. The molecular formula is C28H29ClN2O5. The SMILES string of the molecule is C=CCOc1ccc(C(=O)N/N=C/c2cc(Cl)c(OCc3ccccc3)c(OCC)c2)cc1OCC. The molecule has 36 heavy (non-hydrogen) atoms. The van der Waals surface area contributed by atoms with Crippen molar-refractivity contribution < 1.29 is 23.7 Å². The second-order valence-electron chi connectivity index (χ2n) is 7.43. The van der Waals surface area contributed by atoms with E-state index in [1.807, 2.05) is 44.2 Å². The summed E-state index contributed by atoms with van der Waals surface area (Å²) >= 11 is 6.49. The fourth-order valence-corrected chi connectivity index (χ4v) is 3.48. The van der Waals surface area contributed by atoms with Crippen molar-refractivity contribution in [1.82, 2.24) is 5.43 Å². The molecule has 7 nitrogen and oxygen atoms in total. The molecule has 0 aromatic heterocycles. The highest BCUT2D eigenvalue weighted by atomic mass is 35.5. The number of amides is 1. The first-order valence-corrected chi connectivity index (χ1v) is 11.9. The van der Waals surface area contributed by atoms with E-state index in [4.69, 9.17) is 30.5 Å². The molecule has 3 aromatic carbocycles. The molecule has 0 heterocycles. The Kier molecular flexibility index (Phi) is 10.2. The van der Waals surface area contributed by atoms with Gasteiger partial charge in [-0.1, -0.05) is 54.6 Å². The molecule has 0 saturated heterocycles. The van der Waals surface area contributed by atoms with Gasteiger partial charge in [-0.25, -0.2) is 5.43 Å². The van der Waals surface area contributed by atoms with Crippen LogP contribution in [0.3, 0.4) is 0 Å². The quantitative estimate of drug-likeness (QED) is 0.173. The number of benzene rings is 3. The Bertz CT molecular complexity index is 1200. The van der Waals surface area contributed by atoms with Crippen LogP contribution in [0.2, 0.25) is 5.02 Å². The van der Waals surface area contributed by atoms with Crippen molar-refractivity contribution in [3.8, 4) is 23.0 Å². The fourth-order valence-electron chi connectivity index (χ4n) is 3.21. The molecule has 3 rings (SSSR count). The van der Waals surface area contributed by atoms with Crippen LogP contribution in [0.4, 0.5) is 0 Å². The van der Waals surface area contributed by atoms with Gasteiger partial charge < -0.3 is 18.9 Å². The largest absolute Gasteiger partial charge is 0.490 e. The second-order valence-corrected chi connectivity index (χ2v) is 7.84. The van der Waals surface area contributed by atoms with Crippen molar-refractivity contribution in [2.75, 3.05) is 19.8 Å². The maximum absolute atomic E-state index is 12.6. The number of hydrogen-bond donors (Lipinski definition) is 1. The number of rotatable bonds is 13. The van der Waals surface area contributed by atoms with Gasteiger partial charge in [0, 0.05) is 5.56 Å². The molecule has 0 aliphatic rings. The van der Waals surface area contributed by atoms with Gasteiger partial charge in [0.2, 0.25) is 0 Å². The van der Waals surface area contributed by atoms with Crippen LogP contribution in [0.25, 0.3) is 0 Å². The summed E-state index contributed by atoms with van der Waals surface area (Å²) < 4.78 is 22.8. The van der Waals surface area contributed by atoms with Gasteiger partial charge in [-0.15, -0.1) is 0 Å². The zero-order valence-corrected chi connectivity index (χ0v) is 21.1. The summed E-state index contributed by atoms with van der Waals surface area (Å²) in [6.45, 7) is 8.92. The molecule has 0 atom stereocenters. The van der Waals surface area contributed by atoms with Crippen LogP contribution in [0.5, 0.6) is 23.0 Å². The predicted octanol–water partition coefficient (Wildman–Crippen LogP) is 6.05. The van der Waals surface area contributed by atoms with Gasteiger partial charge in [0.15, 0.2) is 23.0 Å². The highest BCUT2D eigenvalue weighted by Crippen LogP contribution is 2.37. The predicted molar refractivity (Wildman–Crippen MR) is 142 cm³/mol. The molecule has 0 unspecified atom stereocenters. The molecule has 0 bridgehead atoms. The summed E-state index contributed by atoms with van der Waals surface area (Å²) in [5, 5.41) is 4.44. The third-order valence-electron chi connectivity index (χ3n) is 4.80. The molecule has 0 spiro atoms. The zero-order chi connectivity index (χ0) is 25.8. The number of halogens is 1. The van der Waals surface area contributed by atoms with Crippen LogP contribution >= 0.6 is 11.6 Å². The van der Waals surface area contributed by atoms with Crippen molar-refractivity contribution in [3.05, 3.63) is 95.0 Å². The maximum atomic E-state index is 12.6. The Morgan fingerprint density at radius 1 is 0.944 bits per heavy atom. The van der Waals surface area contributed by atoms with E-state index in [0.717, 1.165) is 5.56 Å². The van der Waals surface area contributed by atoms with Crippen LogP contribution in [-0.4, -0.2) is 31.9 Å². The zero-order valence-electron chi connectivity index (χ0n) is 20.3. The third kappa shape index (κ3) is 7.52. The molecule has 0 saturated carbocycles. The van der Waals surface area contributed by atoms with Crippen molar-refractivity contribution in [2.45, 2.75) is 20.5 Å². The van der Waals surface area contributed by atoms with E-state index in [1.165, 1.54) is 6.21 Å². The Balaban J connectivity index is 1.70. The lowest BCUT2D eigenvalue weighted by Crippen LogP contribution is -2.17. The number of nitrogens with one attached hydrogen (secondary N) is 1. The molecule has 1 N–H and O–H groups in total. The lowest BCUT2D eigenvalue weighted by Gasteiger charge is -2.14. The third-order valence-corrected chi connectivity index (χ3v) is 5.08. The van der Waals surface area contributed by atoms with Gasteiger partial charge in [0.1, 0.15) is 13.2 Å². The van der Waals surface area contributed by atoms with Gasteiger partial charge in [-0.3, -0.25) is 4.79 Å². The number of hydrogen-bond acceptors (Lipinski definition) is 6. The van der Waals surface area contributed by atoms with Gasteiger partial charge in [0.05, 0.1) is 24.5 Å². The van der Waals surface area contributed by atoms with Crippen LogP contribution in [-0.2, 0) is 6.61 Å². The summed E-state index contributed by atoms with van der Waals surface area (Å²) in [5.74, 6) is 1.54. The van der Waals surface area contributed by atoms with Gasteiger partial charge in [0.25, 0.3) is 5.91 Å². The summed E-state index contributed by atoms with van der Waals surface area (Å²) in [5.41, 5.74) is 4.54. The topological polar surface area (TPSA) is 78.4 Å². The van der Waals surface area contributed by atoms with Crippen molar-refractivity contribution in [1.29, 1.82) is 0 Å². The van der Waals surface area contributed by atoms with Crippen molar-refractivity contribution in [3.63, 3.8) is 0 Å². The van der Waals surface area contributed by atoms with Crippen LogP contribution in [0.15, 0.2) is 78.4 Å². The first-order chi connectivity index (χ1) is 17.5. The van der Waals surface area contributed by atoms with E-state index in [2.05, 4.69) is 17.1 Å². The molecular weight excluding hydrogens is 480 g/mol. The Labute approximate surface area is 216 Å². The van der Waals surface area contributed by atoms with E-state index >= 15 is 0 Å².